The fourth-order valence-corrected chi connectivity index (χ4v) is 5.52. The number of hydrogen-bond acceptors (Lipinski definition) is 3. The maximum absolute atomic E-state index is 15.8. The zero-order chi connectivity index (χ0) is 29.6. The molecule has 2 aromatic carbocycles. The largest absolute Gasteiger partial charge is 0.362 e. The molecule has 0 bridgehead atoms. The summed E-state index contributed by atoms with van der Waals surface area (Å²) in [5.74, 6) is -0.456. The first-order valence-electron chi connectivity index (χ1n) is 14.1. The van der Waals surface area contributed by atoms with E-state index >= 15 is 4.39 Å². The predicted octanol–water partition coefficient (Wildman–Crippen LogP) is 7.41. The molecule has 1 N–H and O–H groups in total. The van der Waals surface area contributed by atoms with Crippen molar-refractivity contribution in [3.05, 3.63) is 100 Å². The van der Waals surface area contributed by atoms with Crippen molar-refractivity contribution in [2.75, 3.05) is 23.7 Å². The van der Waals surface area contributed by atoms with E-state index in [1.807, 2.05) is 48.7 Å². The molecule has 216 valence electrons. The highest BCUT2D eigenvalue weighted by Crippen LogP contribution is 2.29. The molecule has 0 unspecified atom stereocenters. The van der Waals surface area contributed by atoms with Crippen molar-refractivity contribution in [3.63, 3.8) is 0 Å². The van der Waals surface area contributed by atoms with Gasteiger partial charge in [-0.2, -0.15) is 8.42 Å². The molecule has 4 rings (SSSR count). The van der Waals surface area contributed by atoms with Gasteiger partial charge in [0.05, 0.1) is 11.4 Å². The van der Waals surface area contributed by atoms with Crippen molar-refractivity contribution >= 4 is 44.8 Å². The molecule has 0 saturated heterocycles. The summed E-state index contributed by atoms with van der Waals surface area (Å²) < 4.78 is 49.2. The Morgan fingerprint density at radius 1 is 1.02 bits per heavy atom. The Balaban J connectivity index is 1.59. The van der Waals surface area contributed by atoms with Gasteiger partial charge in [0.1, 0.15) is 6.54 Å². The molecule has 0 spiro atoms. The van der Waals surface area contributed by atoms with Crippen molar-refractivity contribution in [1.82, 2.24) is 0 Å². The van der Waals surface area contributed by atoms with Crippen LogP contribution < -0.4 is 9.47 Å². The summed E-state index contributed by atoms with van der Waals surface area (Å²) in [6.07, 6.45) is 16.8. The molecule has 1 heterocycles. The topological polar surface area (TPSA) is 61.5 Å². The van der Waals surface area contributed by atoms with E-state index in [2.05, 4.69) is 67.5 Å². The lowest BCUT2D eigenvalue weighted by atomic mass is 9.96. The number of aromatic nitrogens is 1. The van der Waals surface area contributed by atoms with E-state index in [9.17, 15) is 8.42 Å². The number of rotatable bonds is 11. The quantitative estimate of drug-likeness (QED) is 0.147. The highest BCUT2D eigenvalue weighted by molar-refractivity contribution is 7.85. The number of fused-ring (bicyclic) bond motifs is 2. The standard InChI is InChI=1S/C34H39FN2O3S/c1-25(2)16-20-37(21-17-26(3)4)33-15-13-29-24-27(11-14-31(29)34(33)35)10-12-28-18-22-36(19-7-23-41(38,39)40)32-9-6-5-8-30(28)32/h5,8,10-18,22,24H,6-7,9,19-21,23H2,1-4H3/p+1. The Morgan fingerprint density at radius 2 is 1.76 bits per heavy atom. The van der Waals surface area contributed by atoms with Gasteiger partial charge in [0, 0.05) is 42.9 Å². The van der Waals surface area contributed by atoms with Crippen molar-refractivity contribution in [3.8, 4) is 0 Å². The predicted molar refractivity (Wildman–Crippen MR) is 169 cm³/mol. The Kier molecular flexibility index (Phi) is 9.94. The van der Waals surface area contributed by atoms with E-state index in [0.29, 0.717) is 37.1 Å². The lowest BCUT2D eigenvalue weighted by Crippen LogP contribution is -2.40. The van der Waals surface area contributed by atoms with Gasteiger partial charge in [-0.15, -0.1) is 0 Å². The molecule has 0 aliphatic heterocycles. The maximum atomic E-state index is 15.8. The Labute approximate surface area is 243 Å². The van der Waals surface area contributed by atoms with Gasteiger partial charge in [0.25, 0.3) is 10.1 Å². The highest BCUT2D eigenvalue weighted by atomic mass is 32.2. The molecule has 0 fully saturated rings. The van der Waals surface area contributed by atoms with Gasteiger partial charge in [-0.25, -0.2) is 8.96 Å². The molecule has 1 aromatic heterocycles. The zero-order valence-electron chi connectivity index (χ0n) is 24.4. The van der Waals surface area contributed by atoms with Crippen LogP contribution in [0.1, 0.15) is 62.9 Å². The highest BCUT2D eigenvalue weighted by Gasteiger charge is 2.20. The summed E-state index contributed by atoms with van der Waals surface area (Å²) in [5, 5.41) is 1.45. The Morgan fingerprint density at radius 3 is 2.44 bits per heavy atom. The number of hydrogen-bond donors (Lipinski definition) is 1. The molecular weight excluding hydrogens is 535 g/mol. The van der Waals surface area contributed by atoms with Gasteiger partial charge in [-0.1, -0.05) is 65.8 Å². The molecule has 3 aromatic rings. The lowest BCUT2D eigenvalue weighted by Gasteiger charge is -2.24. The van der Waals surface area contributed by atoms with E-state index in [1.165, 1.54) is 11.1 Å². The number of anilines is 1. The van der Waals surface area contributed by atoms with Crippen LogP contribution in [0.3, 0.4) is 0 Å². The Bertz CT molecular complexity index is 1620. The molecule has 0 amide bonds. The van der Waals surface area contributed by atoms with Gasteiger partial charge < -0.3 is 4.90 Å². The number of halogens is 1. The molecule has 0 saturated carbocycles. The van der Waals surface area contributed by atoms with Crippen molar-refractivity contribution in [1.29, 1.82) is 0 Å². The van der Waals surface area contributed by atoms with Crippen LogP contribution in [-0.2, 0) is 23.1 Å². The van der Waals surface area contributed by atoms with Gasteiger partial charge in [-0.05, 0) is 62.8 Å². The number of benzene rings is 2. The third-order valence-corrected chi connectivity index (χ3v) is 8.03. The molecule has 7 heteroatoms. The van der Waals surface area contributed by atoms with Crippen LogP contribution in [0.25, 0.3) is 29.0 Å². The first-order chi connectivity index (χ1) is 19.5. The smallest absolute Gasteiger partial charge is 0.265 e. The van der Waals surface area contributed by atoms with Gasteiger partial charge >= 0.3 is 0 Å². The minimum Gasteiger partial charge on any atom is -0.362 e. The minimum atomic E-state index is -3.97. The average Bonchev–Trinajstić information content (AvgIpc) is 2.92. The summed E-state index contributed by atoms with van der Waals surface area (Å²) in [6, 6.07) is 11.7. The van der Waals surface area contributed by atoms with Crippen molar-refractivity contribution in [2.24, 2.45) is 0 Å². The number of allylic oxidation sites excluding steroid dienone is 3. The first kappa shape index (κ1) is 30.4. The summed E-state index contributed by atoms with van der Waals surface area (Å²) in [7, 11) is -3.97. The monoisotopic (exact) mass is 575 g/mol. The third-order valence-electron chi connectivity index (χ3n) is 7.23. The van der Waals surface area contributed by atoms with E-state index in [0.717, 1.165) is 40.6 Å². The second-order valence-electron chi connectivity index (χ2n) is 11.1. The van der Waals surface area contributed by atoms with Crippen LogP contribution in [0.4, 0.5) is 10.1 Å². The number of nitrogens with zero attached hydrogens (tertiary/aromatic N) is 2. The summed E-state index contributed by atoms with van der Waals surface area (Å²) in [5.41, 5.74) is 7.32. The fourth-order valence-electron chi connectivity index (χ4n) is 5.02. The summed E-state index contributed by atoms with van der Waals surface area (Å²) in [6.45, 7) is 10.0. The van der Waals surface area contributed by atoms with E-state index in [-0.39, 0.29) is 11.6 Å². The van der Waals surface area contributed by atoms with Gasteiger partial charge in [-0.3, -0.25) is 4.55 Å². The lowest BCUT2D eigenvalue weighted by molar-refractivity contribution is -0.704. The molecule has 1 aliphatic rings. The molecule has 41 heavy (non-hydrogen) atoms. The molecule has 5 nitrogen and oxygen atoms in total. The minimum absolute atomic E-state index is 0.205. The van der Waals surface area contributed by atoms with Crippen molar-refractivity contribution < 1.29 is 21.9 Å². The second-order valence-corrected chi connectivity index (χ2v) is 12.7. The zero-order valence-corrected chi connectivity index (χ0v) is 25.2. The van der Waals surface area contributed by atoms with Gasteiger partial charge in [0.2, 0.25) is 0 Å². The number of aryl methyl sites for hydroxylation is 1. The van der Waals surface area contributed by atoms with Gasteiger partial charge in [0.15, 0.2) is 17.7 Å². The van der Waals surface area contributed by atoms with Crippen LogP contribution in [0.2, 0.25) is 0 Å². The van der Waals surface area contributed by atoms with Crippen LogP contribution in [-0.4, -0.2) is 31.8 Å². The molecule has 0 radical (unpaired) electrons. The molecule has 1 aliphatic carbocycles. The molecule has 0 atom stereocenters. The third kappa shape index (κ3) is 8.24. The van der Waals surface area contributed by atoms with Crippen LogP contribution in [0.5, 0.6) is 0 Å². The summed E-state index contributed by atoms with van der Waals surface area (Å²) >= 11 is 0. The fraction of sp³-hybridized carbons (Fsp3) is 0.324. The van der Waals surface area contributed by atoms with E-state index < -0.39 is 10.1 Å². The van der Waals surface area contributed by atoms with E-state index in [4.69, 9.17) is 4.55 Å². The Hall–Kier alpha value is -3.55. The summed E-state index contributed by atoms with van der Waals surface area (Å²) in [4.78, 5) is 2.06. The normalized spacial score (nSPS) is 12.9. The van der Waals surface area contributed by atoms with Crippen molar-refractivity contribution in [2.45, 2.75) is 53.5 Å². The van der Waals surface area contributed by atoms with Crippen LogP contribution >= 0.6 is 0 Å². The van der Waals surface area contributed by atoms with Crippen LogP contribution in [0.15, 0.2) is 72.0 Å². The first-order valence-corrected chi connectivity index (χ1v) is 15.7. The van der Waals surface area contributed by atoms with Crippen LogP contribution in [0, 0.1) is 5.82 Å². The average molecular weight is 576 g/mol. The SMILES string of the molecule is CC(C)=CCN(CC=C(C)C)c1ccc2cc(/C=C/c3cc[n+](CCCS(=O)(=O)O)c4c3C=CCC4)ccc2c1F. The maximum Gasteiger partial charge on any atom is 0.265 e. The molecular formula is C34H40FN2O3S+. The second kappa shape index (κ2) is 13.4. The number of pyridine rings is 1. The van der Waals surface area contributed by atoms with E-state index in [1.54, 1.807) is 0 Å².